The maximum Gasteiger partial charge on any atom is 0.0648 e. The second kappa shape index (κ2) is 4.04. The van der Waals surface area contributed by atoms with E-state index in [4.69, 9.17) is 0 Å². The minimum atomic E-state index is 0.596. The van der Waals surface area contributed by atoms with Crippen molar-refractivity contribution < 1.29 is 0 Å². The molecule has 2 heterocycles. The largest absolute Gasteiger partial charge is 0.312 e. The highest BCUT2D eigenvalue weighted by molar-refractivity contribution is 5.58. The van der Waals surface area contributed by atoms with Crippen molar-refractivity contribution >= 4 is 6.21 Å². The van der Waals surface area contributed by atoms with Gasteiger partial charge in [0, 0.05) is 6.04 Å². The number of nitrogens with zero attached hydrogens (tertiary/aromatic N) is 1. The number of rotatable bonds is 1. The summed E-state index contributed by atoms with van der Waals surface area (Å²) in [5, 5.41) is 3.58. The third-order valence-electron chi connectivity index (χ3n) is 2.94. The van der Waals surface area contributed by atoms with Gasteiger partial charge in [0.05, 0.1) is 6.04 Å². The first-order valence-electron chi connectivity index (χ1n) is 5.22. The van der Waals surface area contributed by atoms with Gasteiger partial charge in [0.15, 0.2) is 0 Å². The van der Waals surface area contributed by atoms with E-state index in [0.717, 1.165) is 0 Å². The van der Waals surface area contributed by atoms with Crippen LogP contribution in [0, 0.1) is 0 Å². The van der Waals surface area contributed by atoms with Gasteiger partial charge in [0.1, 0.15) is 0 Å². The third-order valence-corrected chi connectivity index (χ3v) is 2.94. The van der Waals surface area contributed by atoms with Crippen LogP contribution in [-0.2, 0) is 0 Å². The van der Waals surface area contributed by atoms with Crippen LogP contribution in [0.4, 0.5) is 0 Å². The summed E-state index contributed by atoms with van der Waals surface area (Å²) in [4.78, 5) is 4.57. The molecule has 12 heavy (non-hydrogen) atoms. The Morgan fingerprint density at radius 1 is 1.17 bits per heavy atom. The monoisotopic (exact) mass is 166 g/mol. The van der Waals surface area contributed by atoms with Crippen LogP contribution < -0.4 is 5.32 Å². The van der Waals surface area contributed by atoms with E-state index >= 15 is 0 Å². The van der Waals surface area contributed by atoms with Crippen LogP contribution in [0.25, 0.3) is 0 Å². The fourth-order valence-corrected chi connectivity index (χ4v) is 2.22. The van der Waals surface area contributed by atoms with Crippen molar-refractivity contribution in [2.75, 3.05) is 6.54 Å². The molecular weight excluding hydrogens is 148 g/mol. The van der Waals surface area contributed by atoms with Crippen LogP contribution >= 0.6 is 0 Å². The van der Waals surface area contributed by atoms with Gasteiger partial charge in [0.2, 0.25) is 0 Å². The highest BCUT2D eigenvalue weighted by Gasteiger charge is 2.22. The number of piperidine rings is 1. The molecule has 2 atom stereocenters. The van der Waals surface area contributed by atoms with E-state index in [9.17, 15) is 0 Å². The summed E-state index contributed by atoms with van der Waals surface area (Å²) in [5.74, 6) is 0. The lowest BCUT2D eigenvalue weighted by Crippen LogP contribution is -2.42. The Morgan fingerprint density at radius 2 is 2.17 bits per heavy atom. The molecule has 2 aliphatic heterocycles. The van der Waals surface area contributed by atoms with Crippen LogP contribution in [0.3, 0.4) is 0 Å². The van der Waals surface area contributed by atoms with Gasteiger partial charge in [-0.05, 0) is 44.9 Å². The summed E-state index contributed by atoms with van der Waals surface area (Å²) in [6.07, 6.45) is 10.0. The molecule has 0 saturated carbocycles. The lowest BCUT2D eigenvalue weighted by Gasteiger charge is -2.30. The molecule has 2 unspecified atom stereocenters. The average molecular weight is 166 g/mol. The fourth-order valence-electron chi connectivity index (χ4n) is 2.22. The lowest BCUT2D eigenvalue weighted by atomic mass is 9.93. The second-order valence-corrected chi connectivity index (χ2v) is 3.89. The Hall–Kier alpha value is -0.370. The Kier molecular flexibility index (Phi) is 2.77. The molecule has 0 aromatic carbocycles. The molecule has 2 nitrogen and oxygen atoms in total. The van der Waals surface area contributed by atoms with Crippen molar-refractivity contribution in [1.82, 2.24) is 5.32 Å². The summed E-state index contributed by atoms with van der Waals surface area (Å²) >= 11 is 0. The van der Waals surface area contributed by atoms with Crippen molar-refractivity contribution in [3.63, 3.8) is 0 Å². The maximum atomic E-state index is 4.57. The molecule has 2 rings (SSSR count). The number of nitrogens with one attached hydrogen (secondary N) is 1. The summed E-state index contributed by atoms with van der Waals surface area (Å²) < 4.78 is 0. The highest BCUT2D eigenvalue weighted by atomic mass is 15.0. The van der Waals surface area contributed by atoms with Crippen LogP contribution in [0.2, 0.25) is 0 Å². The zero-order valence-corrected chi connectivity index (χ0v) is 7.63. The number of hydrogen-bond acceptors (Lipinski definition) is 2. The first-order chi connectivity index (χ1) is 5.97. The van der Waals surface area contributed by atoms with Crippen LogP contribution in [0.15, 0.2) is 4.99 Å². The summed E-state index contributed by atoms with van der Waals surface area (Å²) in [6.45, 7) is 1.21. The number of aliphatic imine (C=N–C) groups is 1. The standard InChI is InChI=1S/C10H18N2/c1-3-7-11-9(5-1)10-6-2-4-8-12-10/h7,9-10,12H,1-6,8H2. The molecular formula is C10H18N2. The van der Waals surface area contributed by atoms with E-state index in [1.807, 2.05) is 0 Å². The van der Waals surface area contributed by atoms with Crippen LogP contribution in [0.1, 0.15) is 38.5 Å². The minimum Gasteiger partial charge on any atom is -0.312 e. The second-order valence-electron chi connectivity index (χ2n) is 3.89. The van der Waals surface area contributed by atoms with Crippen LogP contribution in [-0.4, -0.2) is 24.8 Å². The Bertz CT molecular complexity index is 159. The molecule has 68 valence electrons. The molecule has 0 radical (unpaired) electrons. The Balaban J connectivity index is 1.88. The van der Waals surface area contributed by atoms with Gasteiger partial charge in [-0.25, -0.2) is 0 Å². The molecule has 0 aliphatic carbocycles. The predicted molar refractivity (Wildman–Crippen MR) is 51.8 cm³/mol. The fraction of sp³-hybridized carbons (Fsp3) is 0.900. The zero-order chi connectivity index (χ0) is 8.23. The summed E-state index contributed by atoms with van der Waals surface area (Å²) in [5.41, 5.74) is 0. The molecule has 0 aromatic rings. The van der Waals surface area contributed by atoms with E-state index < -0.39 is 0 Å². The smallest absolute Gasteiger partial charge is 0.0648 e. The van der Waals surface area contributed by atoms with Gasteiger partial charge < -0.3 is 5.32 Å². The first kappa shape index (κ1) is 8.24. The minimum absolute atomic E-state index is 0.596. The van der Waals surface area contributed by atoms with Gasteiger partial charge in [-0.3, -0.25) is 4.99 Å². The number of hydrogen-bond donors (Lipinski definition) is 1. The molecule has 1 N–H and O–H groups in total. The van der Waals surface area contributed by atoms with E-state index in [1.54, 1.807) is 0 Å². The normalized spacial score (nSPS) is 36.7. The van der Waals surface area contributed by atoms with E-state index in [0.29, 0.717) is 12.1 Å². The molecule has 0 amide bonds. The Labute approximate surface area is 74.5 Å². The summed E-state index contributed by atoms with van der Waals surface area (Å²) in [6, 6.07) is 1.29. The van der Waals surface area contributed by atoms with Crippen molar-refractivity contribution in [1.29, 1.82) is 0 Å². The van der Waals surface area contributed by atoms with Crippen molar-refractivity contribution in [2.24, 2.45) is 4.99 Å². The van der Waals surface area contributed by atoms with Crippen LogP contribution in [0.5, 0.6) is 0 Å². The summed E-state index contributed by atoms with van der Waals surface area (Å²) in [7, 11) is 0. The SMILES string of the molecule is C1=NC(C2CCCCN2)CCC1. The van der Waals surface area contributed by atoms with Gasteiger partial charge in [-0.1, -0.05) is 6.42 Å². The molecule has 0 bridgehead atoms. The van der Waals surface area contributed by atoms with Gasteiger partial charge in [-0.2, -0.15) is 0 Å². The van der Waals surface area contributed by atoms with Gasteiger partial charge in [0.25, 0.3) is 0 Å². The lowest BCUT2D eigenvalue weighted by molar-refractivity contribution is 0.333. The molecule has 2 heteroatoms. The van der Waals surface area contributed by atoms with E-state index in [2.05, 4.69) is 16.5 Å². The first-order valence-corrected chi connectivity index (χ1v) is 5.22. The van der Waals surface area contributed by atoms with Crippen molar-refractivity contribution in [3.8, 4) is 0 Å². The maximum absolute atomic E-state index is 4.57. The topological polar surface area (TPSA) is 24.4 Å². The van der Waals surface area contributed by atoms with E-state index in [-0.39, 0.29) is 0 Å². The third kappa shape index (κ3) is 1.86. The molecule has 0 aromatic heterocycles. The molecule has 1 fully saturated rings. The van der Waals surface area contributed by atoms with E-state index in [1.165, 1.54) is 45.1 Å². The molecule has 2 aliphatic rings. The molecule has 0 spiro atoms. The average Bonchev–Trinajstić information content (AvgIpc) is 2.21. The molecule has 1 saturated heterocycles. The van der Waals surface area contributed by atoms with Crippen molar-refractivity contribution in [3.05, 3.63) is 0 Å². The van der Waals surface area contributed by atoms with Gasteiger partial charge in [-0.15, -0.1) is 0 Å². The Morgan fingerprint density at radius 3 is 2.83 bits per heavy atom. The predicted octanol–water partition coefficient (Wildman–Crippen LogP) is 1.75. The van der Waals surface area contributed by atoms with Crippen molar-refractivity contribution in [2.45, 2.75) is 50.6 Å². The highest BCUT2D eigenvalue weighted by Crippen LogP contribution is 2.19. The quantitative estimate of drug-likeness (QED) is 0.630. The zero-order valence-electron chi connectivity index (χ0n) is 7.63. The van der Waals surface area contributed by atoms with Gasteiger partial charge >= 0.3 is 0 Å².